The number of hydrogen-bond acceptors (Lipinski definition) is 2. The van der Waals surface area contributed by atoms with Gasteiger partial charge in [0.1, 0.15) is 13.1 Å². The Morgan fingerprint density at radius 2 is 1.78 bits per heavy atom. The normalized spacial score (nSPS) is 22.4. The number of fused-ring (bicyclic) bond motifs is 1. The van der Waals surface area contributed by atoms with E-state index in [0.29, 0.717) is 0 Å². The molecule has 3 nitrogen and oxygen atoms in total. The molecular formula is C15H23N2O+. The average molecular weight is 247 g/mol. The lowest BCUT2D eigenvalue weighted by atomic mass is 9.99. The first kappa shape index (κ1) is 12.2. The Hall–Kier alpha value is -0.900. The van der Waals surface area contributed by atoms with Crippen molar-refractivity contribution in [1.82, 2.24) is 5.06 Å². The van der Waals surface area contributed by atoms with Gasteiger partial charge in [-0.3, -0.25) is 0 Å². The predicted molar refractivity (Wildman–Crippen MR) is 71.3 cm³/mol. The second-order valence-corrected chi connectivity index (χ2v) is 5.96. The molecule has 1 fully saturated rings. The van der Waals surface area contributed by atoms with Crippen LogP contribution in [0.15, 0.2) is 12.1 Å². The molecule has 0 aromatic heterocycles. The van der Waals surface area contributed by atoms with Gasteiger partial charge in [0.15, 0.2) is 0 Å². The highest BCUT2D eigenvalue weighted by atomic mass is 16.5. The van der Waals surface area contributed by atoms with Crippen molar-refractivity contribution < 1.29 is 9.69 Å². The van der Waals surface area contributed by atoms with Crippen molar-refractivity contribution in [2.45, 2.75) is 33.4 Å². The molecule has 1 aromatic carbocycles. The smallest absolute Gasteiger partial charge is 0.105 e. The van der Waals surface area contributed by atoms with Crippen molar-refractivity contribution in [2.75, 3.05) is 26.2 Å². The van der Waals surface area contributed by atoms with Gasteiger partial charge in [0.05, 0.1) is 26.2 Å². The molecular weight excluding hydrogens is 224 g/mol. The molecule has 3 heteroatoms. The van der Waals surface area contributed by atoms with Crippen LogP contribution in [0.25, 0.3) is 0 Å². The lowest BCUT2D eigenvalue weighted by Gasteiger charge is -2.39. The molecule has 3 rings (SSSR count). The summed E-state index contributed by atoms with van der Waals surface area (Å²) >= 11 is 0. The molecule has 0 amide bonds. The van der Waals surface area contributed by atoms with E-state index in [1.165, 1.54) is 21.8 Å². The maximum absolute atomic E-state index is 9.52. The number of piperazine rings is 1. The molecule has 0 saturated carbocycles. The summed E-state index contributed by atoms with van der Waals surface area (Å²) in [6.07, 6.45) is 1.13. The van der Waals surface area contributed by atoms with Crippen LogP contribution >= 0.6 is 0 Å². The van der Waals surface area contributed by atoms with Crippen LogP contribution < -0.4 is 0 Å². The number of nitrogens with zero attached hydrogens (tertiary/aromatic N) is 2. The van der Waals surface area contributed by atoms with E-state index in [9.17, 15) is 5.21 Å². The quantitative estimate of drug-likeness (QED) is 0.768. The van der Waals surface area contributed by atoms with Crippen LogP contribution in [0, 0.1) is 6.92 Å². The molecule has 18 heavy (non-hydrogen) atoms. The summed E-state index contributed by atoms with van der Waals surface area (Å²) in [5.41, 5.74) is 6.02. The molecule has 0 radical (unpaired) electrons. The molecule has 0 atom stereocenters. The van der Waals surface area contributed by atoms with E-state index in [0.717, 1.165) is 50.2 Å². The van der Waals surface area contributed by atoms with E-state index in [4.69, 9.17) is 0 Å². The first-order valence-corrected chi connectivity index (χ1v) is 7.02. The SMILES string of the molecule is CCc1cc2c(cc1C)C[N+]1(CCN(O)CC1)C2. The number of hydrogen-bond donors (Lipinski definition) is 1. The summed E-state index contributed by atoms with van der Waals surface area (Å²) in [5, 5.41) is 11.0. The number of quaternary nitrogens is 1. The average Bonchev–Trinajstić information content (AvgIpc) is 2.69. The zero-order valence-corrected chi connectivity index (χ0v) is 11.4. The molecule has 1 N–H and O–H groups in total. The van der Waals surface area contributed by atoms with Gasteiger partial charge in [-0.05, 0) is 36.6 Å². The first-order valence-electron chi connectivity index (χ1n) is 7.02. The summed E-state index contributed by atoms with van der Waals surface area (Å²) in [6.45, 7) is 10.6. The topological polar surface area (TPSA) is 23.5 Å². The number of aryl methyl sites for hydroxylation is 2. The lowest BCUT2D eigenvalue weighted by Crippen LogP contribution is -2.55. The number of hydroxylamine groups is 2. The van der Waals surface area contributed by atoms with Crippen molar-refractivity contribution >= 4 is 0 Å². The molecule has 0 bridgehead atoms. The van der Waals surface area contributed by atoms with Crippen molar-refractivity contribution in [3.05, 3.63) is 34.4 Å². The van der Waals surface area contributed by atoms with E-state index < -0.39 is 0 Å². The van der Waals surface area contributed by atoms with Crippen LogP contribution in [0.1, 0.15) is 29.2 Å². The van der Waals surface area contributed by atoms with Crippen molar-refractivity contribution in [2.24, 2.45) is 0 Å². The number of benzene rings is 1. The molecule has 0 unspecified atom stereocenters. The van der Waals surface area contributed by atoms with Gasteiger partial charge >= 0.3 is 0 Å². The van der Waals surface area contributed by atoms with Crippen LogP contribution in [0.3, 0.4) is 0 Å². The first-order chi connectivity index (χ1) is 8.62. The van der Waals surface area contributed by atoms with Crippen LogP contribution in [0.4, 0.5) is 0 Å². The molecule has 2 aliphatic heterocycles. The highest BCUT2D eigenvalue weighted by molar-refractivity contribution is 5.38. The van der Waals surface area contributed by atoms with E-state index >= 15 is 0 Å². The summed E-state index contributed by atoms with van der Waals surface area (Å²) in [4.78, 5) is 0. The minimum Gasteiger partial charge on any atom is -0.314 e. The highest BCUT2D eigenvalue weighted by Crippen LogP contribution is 2.33. The predicted octanol–water partition coefficient (Wildman–Crippen LogP) is 2.09. The Morgan fingerprint density at radius 3 is 2.39 bits per heavy atom. The van der Waals surface area contributed by atoms with Crippen molar-refractivity contribution in [3.8, 4) is 0 Å². The van der Waals surface area contributed by atoms with Crippen LogP contribution in [-0.2, 0) is 19.5 Å². The minimum atomic E-state index is 0.813. The fourth-order valence-electron chi connectivity index (χ4n) is 3.51. The Morgan fingerprint density at radius 1 is 1.17 bits per heavy atom. The van der Waals surface area contributed by atoms with Gasteiger partial charge in [-0.15, -0.1) is 0 Å². The molecule has 0 aliphatic carbocycles. The standard InChI is InChI=1S/C15H23N2O/c1-3-13-9-15-11-17(6-4-16(18)5-7-17)10-14(15)8-12(13)2/h8-9,18H,3-7,10-11H2,1-2H3/q+1. The molecule has 1 spiro atoms. The van der Waals surface area contributed by atoms with Crippen molar-refractivity contribution in [1.29, 1.82) is 0 Å². The fraction of sp³-hybridized carbons (Fsp3) is 0.600. The van der Waals surface area contributed by atoms with E-state index in [1.807, 2.05) is 0 Å². The van der Waals surface area contributed by atoms with E-state index in [2.05, 4.69) is 26.0 Å². The summed E-state index contributed by atoms with van der Waals surface area (Å²) < 4.78 is 1.15. The van der Waals surface area contributed by atoms with Gasteiger partial charge in [0, 0.05) is 11.1 Å². The fourth-order valence-corrected chi connectivity index (χ4v) is 3.51. The van der Waals surface area contributed by atoms with Gasteiger partial charge in [-0.2, -0.15) is 5.06 Å². The molecule has 2 aliphatic rings. The minimum absolute atomic E-state index is 0.813. The Kier molecular flexibility index (Phi) is 2.93. The van der Waals surface area contributed by atoms with Crippen molar-refractivity contribution in [3.63, 3.8) is 0 Å². The van der Waals surface area contributed by atoms with Gasteiger partial charge in [0.25, 0.3) is 0 Å². The Bertz CT molecular complexity index is 462. The number of rotatable bonds is 1. The molecule has 1 aromatic rings. The largest absolute Gasteiger partial charge is 0.314 e. The summed E-state index contributed by atoms with van der Waals surface area (Å²) in [7, 11) is 0. The zero-order chi connectivity index (χ0) is 12.8. The van der Waals surface area contributed by atoms with Crippen LogP contribution in [0.5, 0.6) is 0 Å². The molecule has 2 heterocycles. The van der Waals surface area contributed by atoms with Gasteiger partial charge in [-0.1, -0.05) is 6.92 Å². The lowest BCUT2D eigenvalue weighted by molar-refractivity contribution is -0.952. The van der Waals surface area contributed by atoms with Crippen LogP contribution in [0.2, 0.25) is 0 Å². The Labute approximate surface area is 109 Å². The van der Waals surface area contributed by atoms with Gasteiger partial charge in [-0.25, -0.2) is 0 Å². The third kappa shape index (κ3) is 1.96. The molecule has 1 saturated heterocycles. The Balaban J connectivity index is 1.87. The third-order valence-corrected chi connectivity index (χ3v) is 4.72. The maximum Gasteiger partial charge on any atom is 0.105 e. The highest BCUT2D eigenvalue weighted by Gasteiger charge is 2.38. The monoisotopic (exact) mass is 247 g/mol. The third-order valence-electron chi connectivity index (χ3n) is 4.72. The van der Waals surface area contributed by atoms with Gasteiger partial charge in [0.2, 0.25) is 0 Å². The molecule has 98 valence electrons. The van der Waals surface area contributed by atoms with Gasteiger partial charge < -0.3 is 9.69 Å². The van der Waals surface area contributed by atoms with Crippen LogP contribution in [-0.4, -0.2) is 40.9 Å². The maximum atomic E-state index is 9.52. The second kappa shape index (κ2) is 4.34. The summed E-state index contributed by atoms with van der Waals surface area (Å²) in [6, 6.07) is 4.81. The summed E-state index contributed by atoms with van der Waals surface area (Å²) in [5.74, 6) is 0. The zero-order valence-electron chi connectivity index (χ0n) is 11.4. The van der Waals surface area contributed by atoms with E-state index in [1.54, 1.807) is 5.56 Å². The van der Waals surface area contributed by atoms with E-state index in [-0.39, 0.29) is 0 Å². The second-order valence-electron chi connectivity index (χ2n) is 5.96.